The molecule has 0 saturated carbocycles. The number of hydrogen-bond acceptors (Lipinski definition) is 4. The Hall–Kier alpha value is -3.68. The molecule has 0 aliphatic carbocycles. The highest BCUT2D eigenvalue weighted by Gasteiger charge is 2.13. The molecular formula is C18H17N7O. The first-order valence-electron chi connectivity index (χ1n) is 8.18. The fourth-order valence-corrected chi connectivity index (χ4v) is 2.70. The van der Waals surface area contributed by atoms with E-state index in [1.807, 2.05) is 61.7 Å². The fraction of sp³-hybridized carbons (Fsp3) is 0.111. The van der Waals surface area contributed by atoms with Crippen LogP contribution in [0.15, 0.2) is 67.1 Å². The summed E-state index contributed by atoms with van der Waals surface area (Å²) in [5.74, 6) is 0.371. The van der Waals surface area contributed by atoms with Crippen molar-refractivity contribution in [2.24, 2.45) is 0 Å². The van der Waals surface area contributed by atoms with Gasteiger partial charge in [0, 0.05) is 18.6 Å². The molecule has 3 aromatic heterocycles. The lowest BCUT2D eigenvalue weighted by Gasteiger charge is -2.15. The highest BCUT2D eigenvalue weighted by molar-refractivity contribution is 5.88. The van der Waals surface area contributed by atoms with Gasteiger partial charge in [-0.25, -0.2) is 9.48 Å². The second kappa shape index (κ2) is 6.67. The number of aromatic nitrogens is 5. The van der Waals surface area contributed by atoms with Crippen LogP contribution in [0.5, 0.6) is 0 Å². The molecule has 1 unspecified atom stereocenters. The van der Waals surface area contributed by atoms with E-state index >= 15 is 0 Å². The van der Waals surface area contributed by atoms with Gasteiger partial charge in [-0.15, -0.1) is 10.2 Å². The largest absolute Gasteiger partial charge is 0.331 e. The first kappa shape index (κ1) is 15.8. The number of rotatable bonds is 4. The number of urea groups is 1. The van der Waals surface area contributed by atoms with Gasteiger partial charge in [0.05, 0.1) is 11.7 Å². The number of benzene rings is 1. The van der Waals surface area contributed by atoms with Crippen molar-refractivity contribution in [2.75, 3.05) is 5.32 Å². The molecule has 0 aliphatic heterocycles. The molecule has 130 valence electrons. The molecule has 0 aliphatic rings. The average Bonchev–Trinajstić information content (AvgIpc) is 3.32. The zero-order valence-corrected chi connectivity index (χ0v) is 14.1. The SMILES string of the molecule is CC(NC(=O)Nc1nnc2ccccn12)c1cccc(-n2cccn2)c1. The van der Waals surface area contributed by atoms with E-state index in [2.05, 4.69) is 25.9 Å². The third-order valence-corrected chi connectivity index (χ3v) is 4.03. The van der Waals surface area contributed by atoms with Crippen LogP contribution >= 0.6 is 0 Å². The minimum Gasteiger partial charge on any atom is -0.331 e. The van der Waals surface area contributed by atoms with Crippen molar-refractivity contribution in [1.29, 1.82) is 0 Å². The van der Waals surface area contributed by atoms with E-state index in [0.29, 0.717) is 11.6 Å². The number of carbonyl (C=O) groups excluding carboxylic acids is 1. The molecule has 26 heavy (non-hydrogen) atoms. The minimum absolute atomic E-state index is 0.190. The number of fused-ring (bicyclic) bond motifs is 1. The summed E-state index contributed by atoms with van der Waals surface area (Å²) in [6, 6.07) is 14.7. The molecule has 4 rings (SSSR count). The maximum absolute atomic E-state index is 12.3. The monoisotopic (exact) mass is 347 g/mol. The van der Waals surface area contributed by atoms with Gasteiger partial charge in [0.2, 0.25) is 5.95 Å². The first-order valence-corrected chi connectivity index (χ1v) is 8.18. The topological polar surface area (TPSA) is 89.1 Å². The van der Waals surface area contributed by atoms with Crippen LogP contribution in [0.4, 0.5) is 10.7 Å². The van der Waals surface area contributed by atoms with Crippen LogP contribution < -0.4 is 10.6 Å². The lowest BCUT2D eigenvalue weighted by molar-refractivity contribution is 0.249. The van der Waals surface area contributed by atoms with Crippen molar-refractivity contribution in [1.82, 2.24) is 29.7 Å². The Bertz CT molecular complexity index is 1040. The maximum atomic E-state index is 12.3. The number of hydrogen-bond donors (Lipinski definition) is 2. The molecule has 1 atom stereocenters. The van der Waals surface area contributed by atoms with Gasteiger partial charge in [-0.1, -0.05) is 18.2 Å². The lowest BCUT2D eigenvalue weighted by atomic mass is 10.1. The van der Waals surface area contributed by atoms with Gasteiger partial charge >= 0.3 is 6.03 Å². The number of amides is 2. The number of pyridine rings is 1. The Kier molecular flexibility index (Phi) is 4.06. The van der Waals surface area contributed by atoms with Gasteiger partial charge in [-0.05, 0) is 42.8 Å². The molecule has 0 fully saturated rings. The van der Waals surface area contributed by atoms with Crippen molar-refractivity contribution in [3.05, 3.63) is 72.7 Å². The molecule has 2 amide bonds. The van der Waals surface area contributed by atoms with Crippen LogP contribution in [-0.2, 0) is 0 Å². The summed E-state index contributed by atoms with van der Waals surface area (Å²) in [7, 11) is 0. The van der Waals surface area contributed by atoms with Gasteiger partial charge in [-0.3, -0.25) is 9.72 Å². The molecular weight excluding hydrogens is 330 g/mol. The molecule has 1 aromatic carbocycles. The maximum Gasteiger partial charge on any atom is 0.322 e. The van der Waals surface area contributed by atoms with Crippen LogP contribution in [0.25, 0.3) is 11.3 Å². The zero-order valence-electron chi connectivity index (χ0n) is 14.1. The number of anilines is 1. The fourth-order valence-electron chi connectivity index (χ4n) is 2.70. The van der Waals surface area contributed by atoms with E-state index in [4.69, 9.17) is 0 Å². The molecule has 3 heterocycles. The summed E-state index contributed by atoms with van der Waals surface area (Å²) in [6.07, 6.45) is 5.40. The molecule has 0 saturated heterocycles. The third-order valence-electron chi connectivity index (χ3n) is 4.03. The van der Waals surface area contributed by atoms with Crippen LogP contribution in [0.3, 0.4) is 0 Å². The molecule has 8 heteroatoms. The molecule has 0 radical (unpaired) electrons. The Morgan fingerprint density at radius 2 is 2.00 bits per heavy atom. The number of nitrogens with one attached hydrogen (secondary N) is 2. The van der Waals surface area contributed by atoms with Crippen LogP contribution in [0.1, 0.15) is 18.5 Å². The first-order chi connectivity index (χ1) is 12.7. The Morgan fingerprint density at radius 3 is 2.85 bits per heavy atom. The summed E-state index contributed by atoms with van der Waals surface area (Å²) in [5, 5.41) is 17.9. The van der Waals surface area contributed by atoms with Crippen molar-refractivity contribution < 1.29 is 4.79 Å². The van der Waals surface area contributed by atoms with Crippen LogP contribution in [-0.4, -0.2) is 30.4 Å². The Morgan fingerprint density at radius 1 is 1.08 bits per heavy atom. The van der Waals surface area contributed by atoms with E-state index in [9.17, 15) is 4.79 Å². The van der Waals surface area contributed by atoms with Crippen molar-refractivity contribution in [3.8, 4) is 5.69 Å². The highest BCUT2D eigenvalue weighted by atomic mass is 16.2. The molecule has 2 N–H and O–H groups in total. The van der Waals surface area contributed by atoms with E-state index < -0.39 is 0 Å². The minimum atomic E-state index is -0.347. The van der Waals surface area contributed by atoms with Gasteiger partial charge in [0.15, 0.2) is 5.65 Å². The van der Waals surface area contributed by atoms with E-state index in [1.54, 1.807) is 21.5 Å². The van der Waals surface area contributed by atoms with Crippen molar-refractivity contribution in [3.63, 3.8) is 0 Å². The summed E-state index contributed by atoms with van der Waals surface area (Å²) in [5.41, 5.74) is 2.58. The zero-order chi connectivity index (χ0) is 17.9. The average molecular weight is 347 g/mol. The quantitative estimate of drug-likeness (QED) is 0.594. The van der Waals surface area contributed by atoms with Gasteiger partial charge in [-0.2, -0.15) is 5.10 Å². The Labute approximate surface area is 149 Å². The van der Waals surface area contributed by atoms with Gasteiger partial charge in [0.1, 0.15) is 0 Å². The summed E-state index contributed by atoms with van der Waals surface area (Å²) < 4.78 is 3.49. The second-order valence-corrected chi connectivity index (χ2v) is 5.82. The predicted octanol–water partition coefficient (Wildman–Crippen LogP) is 2.80. The predicted molar refractivity (Wildman–Crippen MR) is 97.1 cm³/mol. The number of nitrogens with zero attached hydrogens (tertiary/aromatic N) is 5. The standard InChI is InChI=1S/C18H17N7O/c1-13(14-6-4-7-15(12-14)25-11-5-9-19-25)20-18(26)21-17-23-22-16-8-2-3-10-24(16)17/h2-13H,1H3,(H2,20,21,23,26). The van der Waals surface area contributed by atoms with Crippen molar-refractivity contribution in [2.45, 2.75) is 13.0 Å². The van der Waals surface area contributed by atoms with E-state index in [0.717, 1.165) is 11.3 Å². The Balaban J connectivity index is 1.47. The number of carbonyl (C=O) groups is 1. The third kappa shape index (κ3) is 3.12. The summed E-state index contributed by atoms with van der Waals surface area (Å²) in [6.45, 7) is 1.92. The molecule has 4 aromatic rings. The van der Waals surface area contributed by atoms with Crippen LogP contribution in [0.2, 0.25) is 0 Å². The van der Waals surface area contributed by atoms with Crippen molar-refractivity contribution >= 4 is 17.6 Å². The second-order valence-electron chi connectivity index (χ2n) is 5.82. The highest BCUT2D eigenvalue weighted by Crippen LogP contribution is 2.17. The molecule has 0 spiro atoms. The van der Waals surface area contributed by atoms with Crippen LogP contribution in [0, 0.1) is 0 Å². The van der Waals surface area contributed by atoms with Gasteiger partial charge in [0.25, 0.3) is 0 Å². The molecule has 8 nitrogen and oxygen atoms in total. The normalized spacial score (nSPS) is 12.0. The molecule has 0 bridgehead atoms. The summed E-state index contributed by atoms with van der Waals surface area (Å²) >= 11 is 0. The summed E-state index contributed by atoms with van der Waals surface area (Å²) in [4.78, 5) is 12.3. The van der Waals surface area contributed by atoms with Gasteiger partial charge < -0.3 is 5.32 Å². The van der Waals surface area contributed by atoms with E-state index in [1.165, 1.54) is 0 Å². The lowest BCUT2D eigenvalue weighted by Crippen LogP contribution is -2.31. The van der Waals surface area contributed by atoms with E-state index in [-0.39, 0.29) is 12.1 Å². The smallest absolute Gasteiger partial charge is 0.322 e.